The van der Waals surface area contributed by atoms with Gasteiger partial charge in [0.1, 0.15) is 12.4 Å². The maximum Gasteiger partial charge on any atom is 0.337 e. The number of hydrogen-bond acceptors (Lipinski definition) is 5. The first-order chi connectivity index (χ1) is 11.6. The second-order valence-corrected chi connectivity index (χ2v) is 5.30. The number of carbonyl (C=O) groups excluding carboxylic acids is 1. The number of oxime groups is 1. The molecule has 0 bridgehead atoms. The van der Waals surface area contributed by atoms with E-state index in [1.807, 2.05) is 26.0 Å². The number of nitrogens with zero attached hydrogens (tertiary/aromatic N) is 1. The Bertz CT molecular complexity index is 708. The summed E-state index contributed by atoms with van der Waals surface area (Å²) >= 11 is 0. The molecule has 0 aliphatic heterocycles. The van der Waals surface area contributed by atoms with Crippen molar-refractivity contribution in [2.45, 2.75) is 13.8 Å². The quantitative estimate of drug-likeness (QED) is 0.338. The zero-order chi connectivity index (χ0) is 17.4. The molecular weight excluding hydrogens is 306 g/mol. The lowest BCUT2D eigenvalue weighted by Crippen LogP contribution is -2.05. The van der Waals surface area contributed by atoms with E-state index in [0.29, 0.717) is 18.8 Å². The molecule has 0 saturated heterocycles. The van der Waals surface area contributed by atoms with Crippen molar-refractivity contribution in [2.24, 2.45) is 5.16 Å². The van der Waals surface area contributed by atoms with E-state index < -0.39 is 0 Å². The average Bonchev–Trinajstić information content (AvgIpc) is 2.60. The minimum atomic E-state index is -0.363. The van der Waals surface area contributed by atoms with E-state index in [1.54, 1.807) is 30.5 Å². The first kappa shape index (κ1) is 17.5. The molecule has 0 aromatic heterocycles. The van der Waals surface area contributed by atoms with E-state index in [9.17, 15) is 4.79 Å². The number of aryl methyl sites for hydroxylation is 2. The smallest absolute Gasteiger partial charge is 0.337 e. The van der Waals surface area contributed by atoms with Crippen LogP contribution in [0.25, 0.3) is 0 Å². The van der Waals surface area contributed by atoms with Gasteiger partial charge in [-0.05, 0) is 48.7 Å². The molecule has 5 heteroatoms. The molecule has 2 rings (SSSR count). The van der Waals surface area contributed by atoms with Crippen molar-refractivity contribution in [3.8, 4) is 5.75 Å². The number of rotatable bonds is 7. The Hall–Kier alpha value is -2.82. The van der Waals surface area contributed by atoms with Gasteiger partial charge >= 0.3 is 5.97 Å². The molecule has 0 spiro atoms. The number of ether oxygens (including phenoxy) is 2. The van der Waals surface area contributed by atoms with Gasteiger partial charge in [-0.25, -0.2) is 4.79 Å². The minimum absolute atomic E-state index is 0.351. The topological polar surface area (TPSA) is 57.1 Å². The molecule has 0 heterocycles. The molecule has 0 amide bonds. The van der Waals surface area contributed by atoms with Crippen LogP contribution in [0, 0.1) is 13.8 Å². The monoisotopic (exact) mass is 327 g/mol. The summed E-state index contributed by atoms with van der Waals surface area (Å²) in [5, 5.41) is 3.89. The molecule has 2 aromatic carbocycles. The summed E-state index contributed by atoms with van der Waals surface area (Å²) in [6.07, 6.45) is 1.58. The maximum atomic E-state index is 11.3. The Balaban J connectivity index is 1.74. The van der Waals surface area contributed by atoms with Gasteiger partial charge in [0.05, 0.1) is 18.9 Å². The van der Waals surface area contributed by atoms with Crippen LogP contribution in [0.4, 0.5) is 0 Å². The van der Waals surface area contributed by atoms with Crippen molar-refractivity contribution in [2.75, 3.05) is 20.3 Å². The fraction of sp³-hybridized carbons (Fsp3) is 0.263. The highest BCUT2D eigenvalue weighted by Crippen LogP contribution is 2.18. The molecular formula is C19H21NO4. The summed E-state index contributed by atoms with van der Waals surface area (Å²) in [6.45, 7) is 4.80. The van der Waals surface area contributed by atoms with Crippen LogP contribution < -0.4 is 4.74 Å². The van der Waals surface area contributed by atoms with Crippen LogP contribution >= 0.6 is 0 Å². The van der Waals surface area contributed by atoms with Crippen LogP contribution in [-0.4, -0.2) is 32.5 Å². The molecule has 0 radical (unpaired) electrons. The third kappa shape index (κ3) is 5.12. The van der Waals surface area contributed by atoms with Crippen molar-refractivity contribution in [3.63, 3.8) is 0 Å². The molecule has 0 fully saturated rings. The molecule has 0 saturated carbocycles. The van der Waals surface area contributed by atoms with Crippen LogP contribution in [0.1, 0.15) is 27.0 Å². The van der Waals surface area contributed by atoms with Gasteiger partial charge < -0.3 is 14.3 Å². The lowest BCUT2D eigenvalue weighted by molar-refractivity contribution is 0.0600. The van der Waals surface area contributed by atoms with Gasteiger partial charge in [0.15, 0.2) is 6.61 Å². The fourth-order valence-electron chi connectivity index (χ4n) is 2.03. The van der Waals surface area contributed by atoms with Gasteiger partial charge in [-0.3, -0.25) is 0 Å². The number of methoxy groups -OCH3 is 1. The van der Waals surface area contributed by atoms with Gasteiger partial charge in [-0.15, -0.1) is 0 Å². The molecule has 0 N–H and O–H groups in total. The second-order valence-electron chi connectivity index (χ2n) is 5.30. The molecule has 0 atom stereocenters. The normalized spacial score (nSPS) is 10.6. The van der Waals surface area contributed by atoms with E-state index in [4.69, 9.17) is 9.57 Å². The lowest BCUT2D eigenvalue weighted by Gasteiger charge is -2.09. The van der Waals surface area contributed by atoms with E-state index >= 15 is 0 Å². The van der Waals surface area contributed by atoms with Crippen LogP contribution in [0.2, 0.25) is 0 Å². The molecule has 24 heavy (non-hydrogen) atoms. The SMILES string of the molecule is COC(=O)c1ccc(/C=N/OCCOc2cc(C)ccc2C)cc1. The summed E-state index contributed by atoms with van der Waals surface area (Å²) in [5.74, 6) is 0.499. The highest BCUT2D eigenvalue weighted by molar-refractivity contribution is 5.90. The first-order valence-corrected chi connectivity index (χ1v) is 7.64. The van der Waals surface area contributed by atoms with Crippen molar-refractivity contribution >= 4 is 12.2 Å². The summed E-state index contributed by atoms with van der Waals surface area (Å²) in [4.78, 5) is 16.5. The molecule has 126 valence electrons. The predicted molar refractivity (Wildman–Crippen MR) is 92.7 cm³/mol. The van der Waals surface area contributed by atoms with E-state index in [2.05, 4.69) is 16.0 Å². The van der Waals surface area contributed by atoms with E-state index in [1.165, 1.54) is 7.11 Å². The second kappa shape index (κ2) is 8.72. The third-order valence-corrected chi connectivity index (χ3v) is 3.38. The number of benzene rings is 2. The van der Waals surface area contributed by atoms with Crippen molar-refractivity contribution < 1.29 is 19.1 Å². The predicted octanol–water partition coefficient (Wildman–Crippen LogP) is 3.52. The van der Waals surface area contributed by atoms with Gasteiger partial charge in [0, 0.05) is 0 Å². The number of hydrogen-bond donors (Lipinski definition) is 0. The van der Waals surface area contributed by atoms with Gasteiger partial charge in [0.2, 0.25) is 0 Å². The van der Waals surface area contributed by atoms with Crippen molar-refractivity contribution in [1.29, 1.82) is 0 Å². The van der Waals surface area contributed by atoms with E-state index in [-0.39, 0.29) is 5.97 Å². The first-order valence-electron chi connectivity index (χ1n) is 7.64. The average molecular weight is 327 g/mol. The Morgan fingerprint density at radius 2 is 1.83 bits per heavy atom. The van der Waals surface area contributed by atoms with Gasteiger partial charge in [0.25, 0.3) is 0 Å². The molecule has 2 aromatic rings. The summed E-state index contributed by atoms with van der Waals surface area (Å²) in [7, 11) is 1.35. The van der Waals surface area contributed by atoms with E-state index in [0.717, 1.165) is 22.4 Å². The third-order valence-electron chi connectivity index (χ3n) is 3.38. The Morgan fingerprint density at radius 3 is 2.54 bits per heavy atom. The number of esters is 1. The summed E-state index contributed by atoms with van der Waals surface area (Å²) in [6, 6.07) is 13.0. The van der Waals surface area contributed by atoms with Gasteiger partial charge in [-0.1, -0.05) is 29.4 Å². The highest BCUT2D eigenvalue weighted by atomic mass is 16.6. The van der Waals surface area contributed by atoms with Crippen LogP contribution in [0.15, 0.2) is 47.6 Å². The Kier molecular flexibility index (Phi) is 6.37. The summed E-state index contributed by atoms with van der Waals surface area (Å²) < 4.78 is 10.3. The standard InChI is InChI=1S/C19H21NO4/c1-14-4-5-15(2)18(12-14)23-10-11-24-20-13-16-6-8-17(9-7-16)19(21)22-3/h4-9,12-13H,10-11H2,1-3H3/b20-13+. The van der Waals surface area contributed by atoms with Gasteiger partial charge in [-0.2, -0.15) is 0 Å². The fourth-order valence-corrected chi connectivity index (χ4v) is 2.03. The largest absolute Gasteiger partial charge is 0.490 e. The summed E-state index contributed by atoms with van der Waals surface area (Å²) in [5.41, 5.74) is 3.58. The highest BCUT2D eigenvalue weighted by Gasteiger charge is 2.03. The van der Waals surface area contributed by atoms with Crippen LogP contribution in [0.3, 0.4) is 0 Å². The van der Waals surface area contributed by atoms with Crippen molar-refractivity contribution in [1.82, 2.24) is 0 Å². The van der Waals surface area contributed by atoms with Crippen LogP contribution in [-0.2, 0) is 9.57 Å². The molecule has 5 nitrogen and oxygen atoms in total. The zero-order valence-corrected chi connectivity index (χ0v) is 14.1. The maximum absolute atomic E-state index is 11.3. The van der Waals surface area contributed by atoms with Crippen molar-refractivity contribution in [3.05, 3.63) is 64.7 Å². The lowest BCUT2D eigenvalue weighted by atomic mass is 10.1. The minimum Gasteiger partial charge on any atom is -0.490 e. The molecule has 0 aliphatic rings. The molecule has 0 aliphatic carbocycles. The Labute approximate surface area is 141 Å². The number of carbonyl (C=O) groups is 1. The zero-order valence-electron chi connectivity index (χ0n) is 14.1. The van der Waals surface area contributed by atoms with Crippen LogP contribution in [0.5, 0.6) is 5.75 Å². The Morgan fingerprint density at radius 1 is 1.08 bits per heavy atom. The molecule has 0 unspecified atom stereocenters.